The summed E-state index contributed by atoms with van der Waals surface area (Å²) in [7, 11) is 0. The molecule has 2 N–H and O–H groups in total. The van der Waals surface area contributed by atoms with Crippen LogP contribution in [0, 0.1) is 11.3 Å². The summed E-state index contributed by atoms with van der Waals surface area (Å²) < 4.78 is 6.82. The summed E-state index contributed by atoms with van der Waals surface area (Å²) in [6.07, 6.45) is 0. The van der Waals surface area contributed by atoms with Crippen molar-refractivity contribution < 1.29 is 4.74 Å². The van der Waals surface area contributed by atoms with Crippen molar-refractivity contribution >= 4 is 17.2 Å². The normalized spacial score (nSPS) is 11.8. The third-order valence-electron chi connectivity index (χ3n) is 4.77. The van der Waals surface area contributed by atoms with Crippen LogP contribution < -0.4 is 10.3 Å². The molecule has 0 radical (unpaired) electrons. The number of rotatable bonds is 5. The first-order chi connectivity index (χ1) is 15.3. The van der Waals surface area contributed by atoms with Crippen molar-refractivity contribution in [1.29, 1.82) is 5.26 Å². The van der Waals surface area contributed by atoms with Crippen LogP contribution in [0.4, 0.5) is 11.5 Å². The average Bonchev–Trinajstić information content (AvgIpc) is 3.38. The van der Waals surface area contributed by atoms with Crippen LogP contribution in [0.1, 0.15) is 39.0 Å². The standard InChI is InChI=1S/C22H22N8O2/c1-5-32-20-17(25-27-19-14(12-23)18(26-28-19)22(2,3)4)21(31)30-16(24-20)11-15(29-30)13-9-7-6-8-10-13/h6-11,24H,5H2,1-4H3,(H,26,28). The van der Waals surface area contributed by atoms with Crippen LogP contribution >= 0.6 is 0 Å². The van der Waals surface area contributed by atoms with E-state index in [1.807, 2.05) is 51.1 Å². The van der Waals surface area contributed by atoms with Gasteiger partial charge in [0.15, 0.2) is 0 Å². The highest BCUT2D eigenvalue weighted by molar-refractivity contribution is 5.65. The maximum absolute atomic E-state index is 13.2. The van der Waals surface area contributed by atoms with Crippen molar-refractivity contribution in [2.45, 2.75) is 33.1 Å². The topological polar surface area (TPSA) is 137 Å². The van der Waals surface area contributed by atoms with Crippen LogP contribution in [0.2, 0.25) is 0 Å². The second kappa shape index (κ2) is 8.11. The lowest BCUT2D eigenvalue weighted by molar-refractivity contribution is 0.327. The number of nitriles is 1. The maximum atomic E-state index is 13.2. The van der Waals surface area contributed by atoms with Gasteiger partial charge in [-0.1, -0.05) is 51.1 Å². The molecule has 0 aliphatic carbocycles. The van der Waals surface area contributed by atoms with E-state index in [-0.39, 0.29) is 28.4 Å². The number of nitrogens with one attached hydrogen (secondary N) is 2. The smallest absolute Gasteiger partial charge is 0.306 e. The SMILES string of the molecule is CCOc1[nH]c2cc(-c3ccccc3)nn2c(=O)c1N=Nc1n[nH]c(C(C)(C)C)c1C#N. The number of hydrogen-bond donors (Lipinski definition) is 2. The summed E-state index contributed by atoms with van der Waals surface area (Å²) in [4.78, 5) is 16.2. The quantitative estimate of drug-likeness (QED) is 0.452. The minimum atomic E-state index is -0.502. The van der Waals surface area contributed by atoms with Gasteiger partial charge in [-0.3, -0.25) is 9.89 Å². The zero-order valence-corrected chi connectivity index (χ0v) is 18.2. The summed E-state index contributed by atoms with van der Waals surface area (Å²) in [5.74, 6) is 0.267. The Hall–Kier alpha value is -4.26. The predicted octanol–water partition coefficient (Wildman–Crippen LogP) is 4.40. The molecule has 0 aliphatic rings. The van der Waals surface area contributed by atoms with Gasteiger partial charge in [-0.2, -0.15) is 20.0 Å². The highest BCUT2D eigenvalue weighted by Gasteiger charge is 2.24. The molecule has 0 saturated carbocycles. The Labute approximate surface area is 183 Å². The Kier molecular flexibility index (Phi) is 5.32. The molecule has 162 valence electrons. The Morgan fingerprint density at radius 2 is 1.97 bits per heavy atom. The fraction of sp³-hybridized carbons (Fsp3) is 0.273. The molecule has 3 aromatic heterocycles. The van der Waals surface area contributed by atoms with Crippen LogP contribution in [-0.4, -0.2) is 31.4 Å². The summed E-state index contributed by atoms with van der Waals surface area (Å²) in [6.45, 7) is 7.98. The molecule has 0 aliphatic heterocycles. The van der Waals surface area contributed by atoms with E-state index in [9.17, 15) is 10.1 Å². The molecule has 4 aromatic rings. The van der Waals surface area contributed by atoms with E-state index >= 15 is 0 Å². The van der Waals surface area contributed by atoms with Gasteiger partial charge >= 0.3 is 5.56 Å². The van der Waals surface area contributed by atoms with E-state index in [2.05, 4.69) is 36.6 Å². The lowest BCUT2D eigenvalue weighted by Crippen LogP contribution is -2.16. The fourth-order valence-electron chi connectivity index (χ4n) is 3.24. The van der Waals surface area contributed by atoms with Gasteiger partial charge in [0.25, 0.3) is 0 Å². The molecule has 32 heavy (non-hydrogen) atoms. The van der Waals surface area contributed by atoms with Gasteiger partial charge in [0.05, 0.1) is 18.0 Å². The minimum absolute atomic E-state index is 0.0636. The van der Waals surface area contributed by atoms with Crippen molar-refractivity contribution in [2.75, 3.05) is 6.61 Å². The van der Waals surface area contributed by atoms with Crippen LogP contribution in [0.5, 0.6) is 5.88 Å². The molecule has 0 bridgehead atoms. The van der Waals surface area contributed by atoms with Gasteiger partial charge in [0.2, 0.25) is 17.4 Å². The first kappa shape index (κ1) is 21.0. The number of nitrogens with zero attached hydrogens (tertiary/aromatic N) is 6. The molecule has 0 spiro atoms. The number of hydrogen-bond acceptors (Lipinski definition) is 7. The zero-order valence-electron chi connectivity index (χ0n) is 18.2. The number of benzene rings is 1. The number of H-pyrrole nitrogens is 2. The molecular weight excluding hydrogens is 408 g/mol. The molecule has 0 atom stereocenters. The van der Waals surface area contributed by atoms with Gasteiger partial charge in [-0.25, -0.2) is 0 Å². The number of fused-ring (bicyclic) bond motifs is 1. The van der Waals surface area contributed by atoms with Gasteiger partial charge in [0.1, 0.15) is 17.3 Å². The molecular formula is C22H22N8O2. The third-order valence-corrected chi connectivity index (χ3v) is 4.77. The van der Waals surface area contributed by atoms with Crippen LogP contribution in [0.3, 0.4) is 0 Å². The largest absolute Gasteiger partial charge is 0.478 e. The highest BCUT2D eigenvalue weighted by Crippen LogP contribution is 2.31. The van der Waals surface area contributed by atoms with Crippen molar-refractivity contribution in [3.8, 4) is 23.2 Å². The maximum Gasteiger partial charge on any atom is 0.306 e. The van der Waals surface area contributed by atoms with Crippen molar-refractivity contribution in [3.63, 3.8) is 0 Å². The van der Waals surface area contributed by atoms with E-state index in [1.54, 1.807) is 13.0 Å². The average molecular weight is 430 g/mol. The highest BCUT2D eigenvalue weighted by atomic mass is 16.5. The molecule has 0 amide bonds. The van der Waals surface area contributed by atoms with E-state index < -0.39 is 5.56 Å². The lowest BCUT2D eigenvalue weighted by atomic mass is 9.90. The van der Waals surface area contributed by atoms with Crippen LogP contribution in [-0.2, 0) is 5.41 Å². The lowest BCUT2D eigenvalue weighted by Gasteiger charge is -2.15. The number of aromatic amines is 2. The van der Waals surface area contributed by atoms with E-state index in [1.165, 1.54) is 4.52 Å². The summed E-state index contributed by atoms with van der Waals surface area (Å²) >= 11 is 0. The summed E-state index contributed by atoms with van der Waals surface area (Å²) in [5, 5.41) is 29.1. The third kappa shape index (κ3) is 3.76. The molecule has 10 nitrogen and oxygen atoms in total. The number of aromatic nitrogens is 5. The van der Waals surface area contributed by atoms with Gasteiger partial charge in [-0.15, -0.1) is 10.2 Å². The Morgan fingerprint density at radius 3 is 2.62 bits per heavy atom. The molecule has 3 heterocycles. The molecule has 10 heteroatoms. The first-order valence-electron chi connectivity index (χ1n) is 10.1. The molecule has 0 fully saturated rings. The second-order valence-electron chi connectivity index (χ2n) is 8.09. The van der Waals surface area contributed by atoms with Crippen molar-refractivity contribution in [2.24, 2.45) is 10.2 Å². The van der Waals surface area contributed by atoms with Gasteiger partial charge < -0.3 is 9.72 Å². The predicted molar refractivity (Wildman–Crippen MR) is 119 cm³/mol. The van der Waals surface area contributed by atoms with Crippen LogP contribution in [0.25, 0.3) is 16.9 Å². The summed E-state index contributed by atoms with van der Waals surface area (Å²) in [6, 6.07) is 13.4. The molecule has 4 rings (SSSR count). The number of ether oxygens (including phenoxy) is 1. The van der Waals surface area contributed by atoms with E-state index in [0.717, 1.165) is 5.56 Å². The second-order valence-corrected chi connectivity index (χ2v) is 8.09. The van der Waals surface area contributed by atoms with Crippen molar-refractivity contribution in [3.05, 3.63) is 58.0 Å². The molecule has 0 unspecified atom stereocenters. The Balaban J connectivity index is 1.83. The van der Waals surface area contributed by atoms with Gasteiger partial charge in [0, 0.05) is 17.0 Å². The molecule has 1 aromatic carbocycles. The summed E-state index contributed by atoms with van der Waals surface area (Å²) in [5.41, 5.74) is 1.99. The Morgan fingerprint density at radius 1 is 1.22 bits per heavy atom. The fourth-order valence-corrected chi connectivity index (χ4v) is 3.24. The molecule has 0 saturated heterocycles. The van der Waals surface area contributed by atoms with Crippen molar-refractivity contribution in [1.82, 2.24) is 24.8 Å². The first-order valence-corrected chi connectivity index (χ1v) is 10.1. The van der Waals surface area contributed by atoms with E-state index in [0.29, 0.717) is 23.6 Å². The zero-order chi connectivity index (χ0) is 22.9. The Bertz CT molecular complexity index is 1400. The van der Waals surface area contributed by atoms with Crippen LogP contribution in [0.15, 0.2) is 51.4 Å². The number of azo groups is 1. The van der Waals surface area contributed by atoms with Gasteiger partial charge in [-0.05, 0) is 6.92 Å². The minimum Gasteiger partial charge on any atom is -0.478 e. The monoisotopic (exact) mass is 430 g/mol. The van der Waals surface area contributed by atoms with E-state index in [4.69, 9.17) is 4.74 Å².